The lowest BCUT2D eigenvalue weighted by Gasteiger charge is -2.36. The summed E-state index contributed by atoms with van der Waals surface area (Å²) in [7, 11) is 0. The highest BCUT2D eigenvalue weighted by Crippen LogP contribution is 2.23. The second kappa shape index (κ2) is 6.53. The van der Waals surface area contributed by atoms with Crippen molar-refractivity contribution in [3.63, 3.8) is 0 Å². The third-order valence-electron chi connectivity index (χ3n) is 4.38. The van der Waals surface area contributed by atoms with E-state index in [4.69, 9.17) is 5.11 Å². The van der Waals surface area contributed by atoms with Crippen LogP contribution in [-0.2, 0) is 4.79 Å². The van der Waals surface area contributed by atoms with Crippen LogP contribution in [-0.4, -0.2) is 48.2 Å². The Labute approximate surface area is 110 Å². The molecule has 0 aromatic carbocycles. The average Bonchev–Trinajstić information content (AvgIpc) is 2.39. The van der Waals surface area contributed by atoms with E-state index in [1.165, 1.54) is 0 Å². The van der Waals surface area contributed by atoms with Gasteiger partial charge in [-0.15, -0.1) is 0 Å². The third kappa shape index (κ3) is 3.45. The van der Waals surface area contributed by atoms with Crippen LogP contribution < -0.4 is 5.32 Å². The maximum absolute atomic E-state index is 12.4. The van der Waals surface area contributed by atoms with E-state index < -0.39 is 0 Å². The number of aliphatic hydroxyl groups excluding tert-OH is 1. The van der Waals surface area contributed by atoms with E-state index in [2.05, 4.69) is 12.2 Å². The standard InChI is InChI=1S/C14H26N2O2/c1-11-4-5-13(9-15-11)14(18)16-7-2-3-12(10-16)6-8-17/h11-13,15,17H,2-10H2,1H3. The molecule has 4 heteroatoms. The second-order valence-electron chi connectivity index (χ2n) is 5.89. The van der Waals surface area contributed by atoms with Gasteiger partial charge in [-0.3, -0.25) is 4.79 Å². The summed E-state index contributed by atoms with van der Waals surface area (Å²) in [5.74, 6) is 1.01. The van der Waals surface area contributed by atoms with Crippen LogP contribution in [0.3, 0.4) is 0 Å². The van der Waals surface area contributed by atoms with E-state index >= 15 is 0 Å². The minimum Gasteiger partial charge on any atom is -0.396 e. The zero-order chi connectivity index (χ0) is 13.0. The van der Waals surface area contributed by atoms with Gasteiger partial charge in [0.1, 0.15) is 0 Å². The number of rotatable bonds is 3. The topological polar surface area (TPSA) is 52.6 Å². The molecule has 2 fully saturated rings. The number of nitrogens with zero attached hydrogens (tertiary/aromatic N) is 1. The fourth-order valence-corrected chi connectivity index (χ4v) is 3.15. The molecule has 0 saturated carbocycles. The highest BCUT2D eigenvalue weighted by molar-refractivity contribution is 5.79. The number of carbonyl (C=O) groups is 1. The lowest BCUT2D eigenvalue weighted by atomic mass is 9.91. The van der Waals surface area contributed by atoms with Crippen LogP contribution in [0.15, 0.2) is 0 Å². The first-order valence-corrected chi connectivity index (χ1v) is 7.33. The maximum Gasteiger partial charge on any atom is 0.226 e. The van der Waals surface area contributed by atoms with Crippen molar-refractivity contribution in [1.29, 1.82) is 0 Å². The molecule has 0 aliphatic carbocycles. The maximum atomic E-state index is 12.4. The molecule has 0 spiro atoms. The normalized spacial score (nSPS) is 33.4. The molecule has 2 N–H and O–H groups in total. The number of amides is 1. The van der Waals surface area contributed by atoms with Gasteiger partial charge in [0.25, 0.3) is 0 Å². The van der Waals surface area contributed by atoms with Gasteiger partial charge >= 0.3 is 0 Å². The van der Waals surface area contributed by atoms with Gasteiger partial charge in [-0.25, -0.2) is 0 Å². The van der Waals surface area contributed by atoms with Gasteiger partial charge in [-0.05, 0) is 44.9 Å². The van der Waals surface area contributed by atoms with Crippen molar-refractivity contribution >= 4 is 5.91 Å². The minimum absolute atomic E-state index is 0.175. The fraction of sp³-hybridized carbons (Fsp3) is 0.929. The van der Waals surface area contributed by atoms with Gasteiger partial charge in [0.2, 0.25) is 5.91 Å². The Morgan fingerprint density at radius 2 is 2.22 bits per heavy atom. The lowest BCUT2D eigenvalue weighted by molar-refractivity contribution is -0.138. The summed E-state index contributed by atoms with van der Waals surface area (Å²) in [6.07, 6.45) is 5.21. The number of hydrogen-bond acceptors (Lipinski definition) is 3. The quantitative estimate of drug-likeness (QED) is 0.790. The highest BCUT2D eigenvalue weighted by Gasteiger charge is 2.30. The van der Waals surface area contributed by atoms with Crippen LogP contribution >= 0.6 is 0 Å². The fourth-order valence-electron chi connectivity index (χ4n) is 3.15. The summed E-state index contributed by atoms with van der Waals surface area (Å²) in [6, 6.07) is 0.553. The van der Waals surface area contributed by atoms with Gasteiger partial charge in [0, 0.05) is 32.3 Å². The average molecular weight is 254 g/mol. The smallest absolute Gasteiger partial charge is 0.226 e. The van der Waals surface area contributed by atoms with Crippen molar-refractivity contribution in [3.05, 3.63) is 0 Å². The Kier molecular flexibility index (Phi) is 5.01. The summed E-state index contributed by atoms with van der Waals surface area (Å²) >= 11 is 0. The minimum atomic E-state index is 0.175. The summed E-state index contributed by atoms with van der Waals surface area (Å²) < 4.78 is 0. The van der Waals surface area contributed by atoms with Crippen molar-refractivity contribution in [1.82, 2.24) is 10.2 Å². The molecule has 4 nitrogen and oxygen atoms in total. The molecule has 3 atom stereocenters. The summed E-state index contributed by atoms with van der Waals surface area (Å²) in [6.45, 7) is 5.02. The zero-order valence-electron chi connectivity index (χ0n) is 11.4. The van der Waals surface area contributed by atoms with Crippen LogP contribution in [0.25, 0.3) is 0 Å². The van der Waals surface area contributed by atoms with Crippen LogP contribution in [0.4, 0.5) is 0 Å². The van der Waals surface area contributed by atoms with Gasteiger partial charge in [0.15, 0.2) is 0 Å². The highest BCUT2D eigenvalue weighted by atomic mass is 16.3. The SMILES string of the molecule is CC1CCC(C(=O)N2CCCC(CCO)C2)CN1. The van der Waals surface area contributed by atoms with Crippen molar-refractivity contribution in [3.8, 4) is 0 Å². The van der Waals surface area contributed by atoms with Crippen LogP contribution in [0.5, 0.6) is 0 Å². The number of carbonyl (C=O) groups excluding carboxylic acids is 1. The summed E-state index contributed by atoms with van der Waals surface area (Å²) in [4.78, 5) is 14.5. The number of aliphatic hydroxyl groups is 1. The molecule has 0 aromatic rings. The van der Waals surface area contributed by atoms with E-state index in [1.54, 1.807) is 0 Å². The molecule has 18 heavy (non-hydrogen) atoms. The van der Waals surface area contributed by atoms with E-state index in [1.807, 2.05) is 4.90 Å². The third-order valence-corrected chi connectivity index (χ3v) is 4.38. The molecule has 2 aliphatic heterocycles. The van der Waals surface area contributed by atoms with Gasteiger partial charge < -0.3 is 15.3 Å². The summed E-state index contributed by atoms with van der Waals surface area (Å²) in [5, 5.41) is 12.4. The van der Waals surface area contributed by atoms with E-state index in [0.29, 0.717) is 17.9 Å². The molecule has 0 radical (unpaired) electrons. The van der Waals surface area contributed by atoms with E-state index in [9.17, 15) is 4.79 Å². The zero-order valence-corrected chi connectivity index (χ0v) is 11.4. The summed E-state index contributed by atoms with van der Waals surface area (Å²) in [5.41, 5.74) is 0. The molecular formula is C14H26N2O2. The van der Waals surface area contributed by atoms with Crippen molar-refractivity contribution in [2.75, 3.05) is 26.2 Å². The van der Waals surface area contributed by atoms with E-state index in [0.717, 1.165) is 51.7 Å². The Morgan fingerprint density at radius 1 is 1.39 bits per heavy atom. The molecule has 0 aromatic heterocycles. The van der Waals surface area contributed by atoms with Gasteiger partial charge in [0.05, 0.1) is 5.92 Å². The van der Waals surface area contributed by atoms with Crippen LogP contribution in [0.2, 0.25) is 0 Å². The Bertz CT molecular complexity index is 273. The number of likely N-dealkylation sites (tertiary alicyclic amines) is 1. The van der Waals surface area contributed by atoms with Gasteiger partial charge in [-0.1, -0.05) is 0 Å². The monoisotopic (exact) mass is 254 g/mol. The van der Waals surface area contributed by atoms with Crippen LogP contribution in [0, 0.1) is 11.8 Å². The lowest BCUT2D eigenvalue weighted by Crippen LogP contribution is -2.48. The predicted molar refractivity (Wildman–Crippen MR) is 71.2 cm³/mol. The largest absolute Gasteiger partial charge is 0.396 e. The number of piperidine rings is 2. The molecule has 2 saturated heterocycles. The van der Waals surface area contributed by atoms with Crippen molar-refractivity contribution in [2.24, 2.45) is 11.8 Å². The molecule has 2 aliphatic rings. The van der Waals surface area contributed by atoms with Crippen molar-refractivity contribution in [2.45, 2.75) is 45.1 Å². The first-order valence-electron chi connectivity index (χ1n) is 7.33. The molecule has 104 valence electrons. The Morgan fingerprint density at radius 3 is 2.89 bits per heavy atom. The molecule has 2 rings (SSSR count). The van der Waals surface area contributed by atoms with E-state index in [-0.39, 0.29) is 12.5 Å². The van der Waals surface area contributed by atoms with Crippen molar-refractivity contribution < 1.29 is 9.90 Å². The predicted octanol–water partition coefficient (Wildman–Crippen LogP) is 0.995. The van der Waals surface area contributed by atoms with Crippen LogP contribution in [0.1, 0.15) is 39.0 Å². The molecule has 2 heterocycles. The Balaban J connectivity index is 1.84. The van der Waals surface area contributed by atoms with Gasteiger partial charge in [-0.2, -0.15) is 0 Å². The number of nitrogens with one attached hydrogen (secondary N) is 1. The Hall–Kier alpha value is -0.610. The molecular weight excluding hydrogens is 228 g/mol. The first kappa shape index (κ1) is 13.8. The number of hydrogen-bond donors (Lipinski definition) is 2. The second-order valence-corrected chi connectivity index (χ2v) is 5.89. The first-order chi connectivity index (χ1) is 8.70. The molecule has 1 amide bonds. The molecule has 3 unspecified atom stereocenters. The molecule has 0 bridgehead atoms.